The van der Waals surface area contributed by atoms with Crippen molar-refractivity contribution in [2.24, 2.45) is 0 Å². The average molecular weight is 411 g/mol. The maximum atomic E-state index is 12.4. The van der Waals surface area contributed by atoms with Gasteiger partial charge in [-0.25, -0.2) is 0 Å². The summed E-state index contributed by atoms with van der Waals surface area (Å²) in [5, 5.41) is 9.39. The quantitative estimate of drug-likeness (QED) is 0.775. The Balaban J connectivity index is 1.77. The molecule has 0 atom stereocenters. The van der Waals surface area contributed by atoms with Crippen molar-refractivity contribution in [1.29, 1.82) is 0 Å². The van der Waals surface area contributed by atoms with E-state index in [2.05, 4.69) is 15.9 Å². The number of imide groups is 1. The predicted octanol–water partition coefficient (Wildman–Crippen LogP) is 2.81. The van der Waals surface area contributed by atoms with Gasteiger partial charge in [0.15, 0.2) is 0 Å². The van der Waals surface area contributed by atoms with Crippen molar-refractivity contribution >= 4 is 50.8 Å². The molecule has 0 radical (unpaired) electrons. The van der Waals surface area contributed by atoms with E-state index in [1.54, 1.807) is 17.0 Å². The van der Waals surface area contributed by atoms with Gasteiger partial charge in [-0.1, -0.05) is 15.9 Å². The summed E-state index contributed by atoms with van der Waals surface area (Å²) in [6.45, 7) is 1.13. The molecule has 1 aromatic carbocycles. The number of nitrogens with zero attached hydrogens (tertiary/aromatic N) is 2. The van der Waals surface area contributed by atoms with Crippen LogP contribution in [0.25, 0.3) is 6.08 Å². The Morgan fingerprint density at radius 3 is 2.71 bits per heavy atom. The molecule has 2 heterocycles. The molecule has 24 heavy (non-hydrogen) atoms. The van der Waals surface area contributed by atoms with Crippen LogP contribution in [0.2, 0.25) is 0 Å². The molecule has 8 heteroatoms. The Kier molecular flexibility index (Phi) is 4.96. The van der Waals surface area contributed by atoms with E-state index in [1.807, 2.05) is 0 Å². The number of hydrogen-bond donors (Lipinski definition) is 1. The summed E-state index contributed by atoms with van der Waals surface area (Å²) in [4.78, 5) is 39.5. The molecule has 2 saturated heterocycles. The molecule has 6 nitrogen and oxygen atoms in total. The lowest BCUT2D eigenvalue weighted by Crippen LogP contribution is -2.40. The lowest BCUT2D eigenvalue weighted by Gasteiger charge is -2.18. The van der Waals surface area contributed by atoms with Crippen LogP contribution in [0.1, 0.15) is 18.4 Å². The molecule has 1 N–H and O–H groups in total. The van der Waals surface area contributed by atoms with Crippen LogP contribution in [0.4, 0.5) is 4.79 Å². The van der Waals surface area contributed by atoms with E-state index < -0.39 is 11.1 Å². The van der Waals surface area contributed by atoms with E-state index in [0.29, 0.717) is 18.7 Å². The van der Waals surface area contributed by atoms with Crippen LogP contribution in [0.15, 0.2) is 27.6 Å². The number of carbonyl (C=O) groups is 3. The van der Waals surface area contributed by atoms with E-state index in [1.165, 1.54) is 12.1 Å². The number of amides is 3. The third-order valence-corrected chi connectivity index (χ3v) is 5.30. The predicted molar refractivity (Wildman–Crippen MR) is 94.3 cm³/mol. The Bertz CT molecular complexity index is 744. The molecular formula is C16H15BrN2O4S. The van der Waals surface area contributed by atoms with Gasteiger partial charge in [0.1, 0.15) is 12.3 Å². The first-order valence-electron chi connectivity index (χ1n) is 7.47. The summed E-state index contributed by atoms with van der Waals surface area (Å²) >= 11 is 4.07. The molecule has 0 saturated carbocycles. The van der Waals surface area contributed by atoms with Crippen LogP contribution in [0, 0.1) is 0 Å². The third-order valence-electron chi connectivity index (χ3n) is 3.90. The molecule has 3 rings (SSSR count). The molecule has 0 bridgehead atoms. The van der Waals surface area contributed by atoms with Crippen molar-refractivity contribution in [3.63, 3.8) is 0 Å². The van der Waals surface area contributed by atoms with Crippen molar-refractivity contribution in [3.05, 3.63) is 33.1 Å². The Morgan fingerprint density at radius 2 is 2.00 bits per heavy atom. The van der Waals surface area contributed by atoms with Crippen LogP contribution in [-0.4, -0.2) is 51.6 Å². The van der Waals surface area contributed by atoms with E-state index in [-0.39, 0.29) is 23.1 Å². The monoisotopic (exact) mass is 410 g/mol. The van der Waals surface area contributed by atoms with E-state index >= 15 is 0 Å². The Hall–Kier alpha value is -1.80. The first-order valence-corrected chi connectivity index (χ1v) is 9.08. The molecule has 0 spiro atoms. The van der Waals surface area contributed by atoms with E-state index in [4.69, 9.17) is 0 Å². The summed E-state index contributed by atoms with van der Waals surface area (Å²) < 4.78 is 0.745. The van der Waals surface area contributed by atoms with Gasteiger partial charge in [0, 0.05) is 23.1 Å². The van der Waals surface area contributed by atoms with Gasteiger partial charge in [-0.05, 0) is 48.9 Å². The van der Waals surface area contributed by atoms with Gasteiger partial charge in [-0.2, -0.15) is 0 Å². The normalized spacial score (nSPS) is 19.6. The second kappa shape index (κ2) is 6.98. The highest BCUT2D eigenvalue weighted by molar-refractivity contribution is 9.10. The number of rotatable bonds is 3. The fourth-order valence-electron chi connectivity index (χ4n) is 2.62. The van der Waals surface area contributed by atoms with E-state index in [0.717, 1.165) is 34.0 Å². The minimum absolute atomic E-state index is 0.0122. The largest absolute Gasteiger partial charge is 0.507 e. The number of carbonyl (C=O) groups excluding carboxylic acids is 3. The average Bonchev–Trinajstić information content (AvgIpc) is 3.16. The first-order chi connectivity index (χ1) is 11.5. The molecule has 2 aliphatic rings. The summed E-state index contributed by atoms with van der Waals surface area (Å²) in [7, 11) is 0. The first kappa shape index (κ1) is 17.0. The third kappa shape index (κ3) is 3.49. The number of benzene rings is 1. The highest BCUT2D eigenvalue weighted by Crippen LogP contribution is 2.34. The lowest BCUT2D eigenvalue weighted by atomic mass is 10.2. The molecule has 126 valence electrons. The van der Waals surface area contributed by atoms with Gasteiger partial charge in [-0.15, -0.1) is 0 Å². The molecule has 3 amide bonds. The van der Waals surface area contributed by atoms with Crippen molar-refractivity contribution < 1.29 is 19.5 Å². The lowest BCUT2D eigenvalue weighted by molar-refractivity contribution is -0.135. The molecule has 0 unspecified atom stereocenters. The van der Waals surface area contributed by atoms with Gasteiger partial charge in [0.25, 0.3) is 11.1 Å². The standard InChI is InChI=1S/C16H15BrN2O4S/c17-11-3-4-12(20)10(7-11)8-13-15(22)19(16(23)24-13)9-14(21)18-5-1-2-6-18/h3-4,7-8,20H,1-2,5-6,9H2/b13-8+. The molecule has 0 aliphatic carbocycles. The summed E-state index contributed by atoms with van der Waals surface area (Å²) in [5.41, 5.74) is 0.431. The number of hydrogen-bond acceptors (Lipinski definition) is 5. The van der Waals surface area contributed by atoms with Crippen LogP contribution in [-0.2, 0) is 9.59 Å². The van der Waals surface area contributed by atoms with Crippen molar-refractivity contribution in [2.45, 2.75) is 12.8 Å². The molecular weight excluding hydrogens is 396 g/mol. The summed E-state index contributed by atoms with van der Waals surface area (Å²) in [6, 6.07) is 4.82. The highest BCUT2D eigenvalue weighted by Gasteiger charge is 2.37. The maximum absolute atomic E-state index is 12.4. The van der Waals surface area contributed by atoms with Crippen LogP contribution in [0.3, 0.4) is 0 Å². The van der Waals surface area contributed by atoms with Gasteiger partial charge >= 0.3 is 0 Å². The number of halogens is 1. The van der Waals surface area contributed by atoms with Crippen LogP contribution >= 0.6 is 27.7 Å². The second-order valence-corrected chi connectivity index (χ2v) is 7.47. The fourth-order valence-corrected chi connectivity index (χ4v) is 3.83. The highest BCUT2D eigenvalue weighted by atomic mass is 79.9. The minimum atomic E-state index is -0.503. The molecule has 1 aromatic rings. The van der Waals surface area contributed by atoms with Gasteiger partial charge in [0.2, 0.25) is 5.91 Å². The number of phenols is 1. The van der Waals surface area contributed by atoms with Crippen LogP contribution in [0.5, 0.6) is 5.75 Å². The fraction of sp³-hybridized carbons (Fsp3) is 0.312. The zero-order valence-corrected chi connectivity index (χ0v) is 15.1. The molecule has 2 aliphatic heterocycles. The molecule has 2 fully saturated rings. The SMILES string of the molecule is O=C(CN1C(=O)S/C(=C/c2cc(Br)ccc2O)C1=O)N1CCCC1. The number of aromatic hydroxyl groups is 1. The van der Waals surface area contributed by atoms with Crippen molar-refractivity contribution in [2.75, 3.05) is 19.6 Å². The molecule has 0 aromatic heterocycles. The number of likely N-dealkylation sites (tertiary alicyclic amines) is 1. The van der Waals surface area contributed by atoms with Gasteiger partial charge in [-0.3, -0.25) is 19.3 Å². The topological polar surface area (TPSA) is 77.9 Å². The summed E-state index contributed by atoms with van der Waals surface area (Å²) in [5.74, 6) is -0.698. The van der Waals surface area contributed by atoms with Crippen LogP contribution < -0.4 is 0 Å². The van der Waals surface area contributed by atoms with E-state index in [9.17, 15) is 19.5 Å². The minimum Gasteiger partial charge on any atom is -0.507 e. The summed E-state index contributed by atoms with van der Waals surface area (Å²) in [6.07, 6.45) is 3.37. The smallest absolute Gasteiger partial charge is 0.294 e. The Labute approximate surface area is 151 Å². The van der Waals surface area contributed by atoms with Crippen molar-refractivity contribution in [1.82, 2.24) is 9.80 Å². The van der Waals surface area contributed by atoms with Gasteiger partial charge < -0.3 is 10.0 Å². The maximum Gasteiger partial charge on any atom is 0.294 e. The second-order valence-electron chi connectivity index (χ2n) is 5.56. The zero-order chi connectivity index (χ0) is 17.3. The zero-order valence-electron chi connectivity index (χ0n) is 12.7. The number of thioether (sulfide) groups is 1. The van der Waals surface area contributed by atoms with Gasteiger partial charge in [0.05, 0.1) is 4.91 Å². The Morgan fingerprint density at radius 1 is 1.29 bits per heavy atom. The van der Waals surface area contributed by atoms with Crippen molar-refractivity contribution in [3.8, 4) is 5.75 Å². The number of phenolic OH excluding ortho intramolecular Hbond substituents is 1.